The summed E-state index contributed by atoms with van der Waals surface area (Å²) in [6.45, 7) is -0.638. The topological polar surface area (TPSA) is 33.8 Å². The lowest BCUT2D eigenvalue weighted by atomic mass is 10.1. The van der Waals surface area contributed by atoms with E-state index in [1.165, 1.54) is 17.1 Å². The Bertz CT molecular complexity index is 952. The molecule has 0 aliphatic rings. The van der Waals surface area contributed by atoms with Gasteiger partial charge in [0.25, 0.3) is 6.33 Å². The molecule has 27 heavy (non-hydrogen) atoms. The molecule has 0 aliphatic heterocycles. The monoisotopic (exact) mass is 444 g/mol. The van der Waals surface area contributed by atoms with Crippen molar-refractivity contribution >= 4 is 5.78 Å². The molecule has 0 N–H and O–H groups in total. The lowest BCUT2D eigenvalue weighted by molar-refractivity contribution is -0.686. The van der Waals surface area contributed by atoms with Crippen molar-refractivity contribution in [1.29, 1.82) is 0 Å². The molecule has 3 nitrogen and oxygen atoms in total. The van der Waals surface area contributed by atoms with E-state index >= 15 is 0 Å². The number of hydrogen-bond donors (Lipinski definition) is 0. The summed E-state index contributed by atoms with van der Waals surface area (Å²) in [4.78, 5) is 16.1. The zero-order chi connectivity index (χ0) is 18.8. The summed E-state index contributed by atoms with van der Waals surface area (Å²) in [5, 5.41) is 0. The van der Waals surface area contributed by atoms with Crippen molar-refractivity contribution in [3.63, 3.8) is 0 Å². The summed E-state index contributed by atoms with van der Waals surface area (Å²) in [6.07, 6.45) is 2.64. The van der Waals surface area contributed by atoms with Gasteiger partial charge in [-0.3, -0.25) is 4.79 Å². The van der Waals surface area contributed by atoms with E-state index in [1.54, 1.807) is 6.07 Å². The van der Waals surface area contributed by atoms with Crippen molar-refractivity contribution in [1.82, 2.24) is 4.98 Å². The van der Waals surface area contributed by atoms with Crippen LogP contribution < -0.4 is 21.5 Å². The van der Waals surface area contributed by atoms with Crippen LogP contribution in [0.25, 0.3) is 11.3 Å². The Morgan fingerprint density at radius 3 is 1.93 bits per heavy atom. The van der Waals surface area contributed by atoms with Gasteiger partial charge in [0, 0.05) is 11.6 Å². The van der Waals surface area contributed by atoms with Crippen molar-refractivity contribution in [2.24, 2.45) is 0 Å². The van der Waals surface area contributed by atoms with Crippen LogP contribution in [-0.2, 0) is 6.54 Å². The molecule has 9 heteroatoms. The minimum absolute atomic E-state index is 0. The summed E-state index contributed by atoms with van der Waals surface area (Å²) in [7, 11) is 0. The molecular weight excluding hydrogens is 435 g/mol. The van der Waals surface area contributed by atoms with Crippen LogP contribution in [0.4, 0.5) is 22.0 Å². The lowest BCUT2D eigenvalue weighted by Gasteiger charge is -2.06. The molecule has 0 unspecified atom stereocenters. The predicted molar refractivity (Wildman–Crippen MR) is 80.4 cm³/mol. The van der Waals surface area contributed by atoms with E-state index in [4.69, 9.17) is 0 Å². The van der Waals surface area contributed by atoms with Crippen LogP contribution >= 0.6 is 0 Å². The SMILES string of the molecule is O=C(C[n+]1ccc(-c2ccccc2)nc1)c1c(F)c(F)c(F)c(F)c1F.[Br-]. The highest BCUT2D eigenvalue weighted by molar-refractivity contribution is 5.95. The van der Waals surface area contributed by atoms with Crippen LogP contribution in [0.5, 0.6) is 0 Å². The number of ketones is 1. The maximum atomic E-state index is 13.7. The number of Topliss-reactive ketones (excluding diaryl/α,β-unsaturated/α-hetero) is 1. The Kier molecular flexibility index (Phi) is 6.37. The van der Waals surface area contributed by atoms with Gasteiger partial charge in [-0.15, -0.1) is 0 Å². The van der Waals surface area contributed by atoms with E-state index in [-0.39, 0.29) is 17.0 Å². The number of rotatable bonds is 4. The van der Waals surface area contributed by atoms with Crippen LogP contribution in [-0.4, -0.2) is 10.8 Å². The second-order valence-electron chi connectivity index (χ2n) is 5.35. The Balaban J connectivity index is 0.00000261. The van der Waals surface area contributed by atoms with Crippen molar-refractivity contribution < 1.29 is 48.3 Å². The highest BCUT2D eigenvalue weighted by Crippen LogP contribution is 2.23. The third kappa shape index (κ3) is 4.02. The molecule has 0 saturated carbocycles. The first-order valence-corrected chi connectivity index (χ1v) is 7.35. The Morgan fingerprint density at radius 1 is 0.852 bits per heavy atom. The molecule has 0 atom stereocenters. The van der Waals surface area contributed by atoms with Crippen molar-refractivity contribution in [2.45, 2.75) is 6.54 Å². The van der Waals surface area contributed by atoms with E-state index in [1.807, 2.05) is 30.3 Å². The smallest absolute Gasteiger partial charge is 0.287 e. The molecule has 1 heterocycles. The van der Waals surface area contributed by atoms with Crippen LogP contribution in [0.2, 0.25) is 0 Å². The number of halogens is 6. The first-order chi connectivity index (χ1) is 12.4. The van der Waals surface area contributed by atoms with E-state index in [9.17, 15) is 26.7 Å². The zero-order valence-electron chi connectivity index (χ0n) is 13.4. The molecule has 140 valence electrons. The maximum absolute atomic E-state index is 13.7. The average molecular weight is 445 g/mol. The minimum Gasteiger partial charge on any atom is -1.00 e. The van der Waals surface area contributed by atoms with Gasteiger partial charge in [0.15, 0.2) is 35.5 Å². The third-order valence-electron chi connectivity index (χ3n) is 3.65. The second-order valence-corrected chi connectivity index (χ2v) is 5.35. The molecule has 0 amide bonds. The van der Waals surface area contributed by atoms with Crippen LogP contribution in [0, 0.1) is 29.1 Å². The molecular formula is C18H10BrF5N2O. The fourth-order valence-electron chi connectivity index (χ4n) is 2.35. The summed E-state index contributed by atoms with van der Waals surface area (Å²) < 4.78 is 68.0. The molecule has 0 spiro atoms. The number of nitrogens with zero attached hydrogens (tertiary/aromatic N) is 2. The summed E-state index contributed by atoms with van der Waals surface area (Å²) in [5.41, 5.74) is -0.0719. The van der Waals surface area contributed by atoms with Gasteiger partial charge < -0.3 is 17.0 Å². The van der Waals surface area contributed by atoms with Crippen LogP contribution in [0.15, 0.2) is 48.9 Å². The Labute approximate surface area is 160 Å². The number of carbonyl (C=O) groups is 1. The average Bonchev–Trinajstić information content (AvgIpc) is 2.66. The largest absolute Gasteiger partial charge is 1.00 e. The fraction of sp³-hybridized carbons (Fsp3) is 0.0556. The van der Waals surface area contributed by atoms with Crippen molar-refractivity contribution in [3.05, 3.63) is 83.6 Å². The predicted octanol–water partition coefficient (Wildman–Crippen LogP) is 0.618. The van der Waals surface area contributed by atoms with Gasteiger partial charge in [-0.1, -0.05) is 30.3 Å². The summed E-state index contributed by atoms with van der Waals surface area (Å²) in [5.74, 6) is -12.2. The van der Waals surface area contributed by atoms with Gasteiger partial charge in [-0.2, -0.15) is 0 Å². The zero-order valence-corrected chi connectivity index (χ0v) is 15.0. The molecule has 0 radical (unpaired) electrons. The van der Waals surface area contributed by atoms with Gasteiger partial charge in [-0.05, 0) is 4.98 Å². The van der Waals surface area contributed by atoms with E-state index in [0.29, 0.717) is 5.69 Å². The molecule has 1 aromatic heterocycles. The molecule has 3 rings (SSSR count). The molecule has 0 aliphatic carbocycles. The van der Waals surface area contributed by atoms with Gasteiger partial charge in [-0.25, -0.2) is 26.5 Å². The molecule has 2 aromatic carbocycles. The van der Waals surface area contributed by atoms with Gasteiger partial charge in [0.1, 0.15) is 0 Å². The van der Waals surface area contributed by atoms with E-state index in [0.717, 1.165) is 5.56 Å². The Hall–Kier alpha value is -2.68. The van der Waals surface area contributed by atoms with Crippen molar-refractivity contribution in [2.75, 3.05) is 0 Å². The van der Waals surface area contributed by atoms with E-state index < -0.39 is 47.0 Å². The number of hydrogen-bond acceptors (Lipinski definition) is 2. The number of aromatic nitrogens is 2. The first kappa shape index (κ1) is 20.6. The third-order valence-corrected chi connectivity index (χ3v) is 3.65. The molecule has 0 saturated heterocycles. The second kappa shape index (κ2) is 8.34. The normalized spacial score (nSPS) is 10.4. The first-order valence-electron chi connectivity index (χ1n) is 7.35. The minimum atomic E-state index is -2.31. The number of carbonyl (C=O) groups excluding carboxylic acids is 1. The van der Waals surface area contributed by atoms with Crippen LogP contribution in [0.1, 0.15) is 10.4 Å². The van der Waals surface area contributed by atoms with Crippen molar-refractivity contribution in [3.8, 4) is 11.3 Å². The molecule has 0 fully saturated rings. The standard InChI is InChI=1S/C18H10F5N2O.BrH/c19-14-13(15(20)17(22)18(23)16(14)21)12(26)8-25-7-6-11(24-9-25)10-4-2-1-3-5-10;/h1-7,9H,8H2;1H/q+1;/p-1. The van der Waals surface area contributed by atoms with Crippen LogP contribution in [0.3, 0.4) is 0 Å². The number of benzene rings is 2. The van der Waals surface area contributed by atoms with Gasteiger partial charge in [0.2, 0.25) is 11.6 Å². The summed E-state index contributed by atoms with van der Waals surface area (Å²) in [6, 6.07) is 10.6. The maximum Gasteiger partial charge on any atom is 0.287 e. The van der Waals surface area contributed by atoms with Gasteiger partial charge in [0.05, 0.1) is 11.8 Å². The molecule has 3 aromatic rings. The highest BCUT2D eigenvalue weighted by Gasteiger charge is 2.30. The van der Waals surface area contributed by atoms with Gasteiger partial charge >= 0.3 is 0 Å². The highest BCUT2D eigenvalue weighted by atomic mass is 79.9. The molecule has 0 bridgehead atoms. The lowest BCUT2D eigenvalue weighted by Crippen LogP contribution is -3.00. The van der Waals surface area contributed by atoms with E-state index in [2.05, 4.69) is 4.98 Å². The Morgan fingerprint density at radius 2 is 1.41 bits per heavy atom. The summed E-state index contributed by atoms with van der Waals surface area (Å²) >= 11 is 0. The quantitative estimate of drug-likeness (QED) is 0.194. The fourth-order valence-corrected chi connectivity index (χ4v) is 2.35.